The van der Waals surface area contributed by atoms with Crippen molar-refractivity contribution >= 4 is 45.2 Å². The number of aromatic nitrogens is 4. The Labute approximate surface area is 335 Å². The van der Waals surface area contributed by atoms with Crippen LogP contribution in [0, 0.1) is 11.3 Å². The maximum Gasteiger partial charge on any atom is 0.411 e. The van der Waals surface area contributed by atoms with Crippen molar-refractivity contribution in [2.75, 3.05) is 6.54 Å². The van der Waals surface area contributed by atoms with Gasteiger partial charge in [0.2, 0.25) is 0 Å². The van der Waals surface area contributed by atoms with Crippen LogP contribution in [-0.2, 0) is 16.1 Å². The number of nitrogens with one attached hydrogen (secondary N) is 2. The van der Waals surface area contributed by atoms with Crippen LogP contribution >= 0.6 is 0 Å². The summed E-state index contributed by atoms with van der Waals surface area (Å²) in [5, 5.41) is 2.09. The van der Waals surface area contributed by atoms with Gasteiger partial charge < -0.3 is 23.9 Å². The molecule has 2 N–H and O–H groups in total. The smallest absolute Gasteiger partial charge is 0.411 e. The van der Waals surface area contributed by atoms with E-state index >= 15 is 0 Å². The molecule has 4 fully saturated rings. The van der Waals surface area contributed by atoms with E-state index in [-0.39, 0.29) is 42.3 Å². The zero-order chi connectivity index (χ0) is 39.3. The Morgan fingerprint density at radius 1 is 0.862 bits per heavy atom. The minimum Gasteiger partial charge on any atom is -0.456 e. The standard InChI is InChI=1S/C47H46N6O5/c1-46(2,3)58-45(55)53-32-13-9-31(19-32)41(53)43-49-35-16-12-28(20-36(35)50-43)29-10-14-33-34-15-11-30(22-40(34)57-39(33)21-29)37-24-48-42(51-37)38-23-47(17-18-47)26-52(38)44(54)56-25-27-7-5-4-6-8-27/h4-8,10-12,14-16,20-22,24,31-32,38,41H,9,13,17-19,23,25-26H2,1-3H3,(H,48,51)(H,49,50)/t31-,32+,38+,41+/m1/s1. The van der Waals surface area contributed by atoms with Gasteiger partial charge in [-0.1, -0.05) is 48.5 Å². The summed E-state index contributed by atoms with van der Waals surface area (Å²) in [5.41, 5.74) is 7.91. The van der Waals surface area contributed by atoms with Crippen LogP contribution in [0.1, 0.15) is 88.6 Å². The molecular weight excluding hydrogens is 729 g/mol. The Bertz CT molecular complexity index is 2740. The van der Waals surface area contributed by atoms with E-state index in [0.29, 0.717) is 12.5 Å². The maximum atomic E-state index is 13.4. The molecule has 2 aliphatic carbocycles. The van der Waals surface area contributed by atoms with Crippen LogP contribution < -0.4 is 0 Å². The molecule has 0 unspecified atom stereocenters. The molecule has 4 atom stereocenters. The lowest BCUT2D eigenvalue weighted by Crippen LogP contribution is -2.43. The van der Waals surface area contributed by atoms with Crippen molar-refractivity contribution in [2.24, 2.45) is 11.3 Å². The number of carbonyl (C=O) groups excluding carboxylic acids is 2. The number of hydrogen-bond donors (Lipinski definition) is 2. The first kappa shape index (κ1) is 35.1. The number of likely N-dealkylation sites (tertiary alicyclic amines) is 2. The number of nitrogens with zero attached hydrogens (tertiary/aromatic N) is 4. The van der Waals surface area contributed by atoms with Crippen molar-refractivity contribution in [1.29, 1.82) is 0 Å². The molecule has 4 aliphatic rings. The topological polar surface area (TPSA) is 130 Å². The highest BCUT2D eigenvalue weighted by molar-refractivity contribution is 6.07. The summed E-state index contributed by atoms with van der Waals surface area (Å²) in [5.74, 6) is 1.98. The lowest BCUT2D eigenvalue weighted by molar-refractivity contribution is 0.00622. The fraction of sp³-hybridized carbons (Fsp3) is 0.362. The van der Waals surface area contributed by atoms with E-state index in [4.69, 9.17) is 23.9 Å². The summed E-state index contributed by atoms with van der Waals surface area (Å²) in [6.07, 6.45) is 7.52. The van der Waals surface area contributed by atoms with Gasteiger partial charge >= 0.3 is 12.2 Å². The Balaban J connectivity index is 0.837. The average molecular weight is 775 g/mol. The molecule has 2 saturated heterocycles. The van der Waals surface area contributed by atoms with Gasteiger partial charge in [-0.15, -0.1) is 0 Å². The summed E-state index contributed by atoms with van der Waals surface area (Å²) in [6.45, 7) is 6.68. The van der Waals surface area contributed by atoms with Crippen molar-refractivity contribution in [2.45, 2.75) is 89.6 Å². The van der Waals surface area contributed by atoms with E-state index in [9.17, 15) is 9.59 Å². The molecule has 58 heavy (non-hydrogen) atoms. The zero-order valence-electron chi connectivity index (χ0n) is 33.0. The van der Waals surface area contributed by atoms with Crippen LogP contribution in [0.25, 0.3) is 55.4 Å². The summed E-state index contributed by atoms with van der Waals surface area (Å²) in [7, 11) is 0. The van der Waals surface area contributed by atoms with Crippen LogP contribution in [-0.4, -0.2) is 60.1 Å². The summed E-state index contributed by atoms with van der Waals surface area (Å²) in [4.78, 5) is 47.4. The van der Waals surface area contributed by atoms with Gasteiger partial charge in [0, 0.05) is 28.9 Å². The first-order valence-corrected chi connectivity index (χ1v) is 20.6. The predicted octanol–water partition coefficient (Wildman–Crippen LogP) is 10.8. The number of piperidine rings is 1. The highest BCUT2D eigenvalue weighted by Gasteiger charge is 2.55. The SMILES string of the molecule is CC(C)(C)OC(=O)N1[C@H]2CC[C@H](C2)[C@H]1c1nc2ccc(-c3ccc4c(c3)oc3cc(-c5cnc([C@@H]6CC7(CC7)CN6C(=O)OCc6ccccc6)[nH]5)ccc34)cc2[nH]1. The third kappa shape index (κ3) is 6.10. The number of H-pyrrole nitrogens is 2. The van der Waals surface area contributed by atoms with Gasteiger partial charge in [0.05, 0.1) is 35.0 Å². The van der Waals surface area contributed by atoms with Crippen molar-refractivity contribution in [3.8, 4) is 22.4 Å². The normalized spacial score (nSPS) is 22.2. The Kier molecular flexibility index (Phi) is 7.84. The minimum absolute atomic E-state index is 0.115. The number of amides is 2. The van der Waals surface area contributed by atoms with Gasteiger partial charge in [-0.05, 0) is 124 Å². The monoisotopic (exact) mass is 774 g/mol. The molecule has 11 nitrogen and oxygen atoms in total. The molecule has 11 rings (SSSR count). The molecule has 5 heterocycles. The molecule has 11 heteroatoms. The molecule has 1 spiro atoms. The van der Waals surface area contributed by atoms with E-state index in [0.717, 1.165) is 111 Å². The number of fused-ring (bicyclic) bond motifs is 6. The number of rotatable bonds is 6. The fourth-order valence-electron chi connectivity index (χ4n) is 9.88. The van der Waals surface area contributed by atoms with E-state index in [1.807, 2.05) is 73.2 Å². The minimum atomic E-state index is -0.556. The predicted molar refractivity (Wildman–Crippen MR) is 221 cm³/mol. The third-order valence-electron chi connectivity index (χ3n) is 12.9. The largest absolute Gasteiger partial charge is 0.456 e. The number of benzene rings is 4. The van der Waals surface area contributed by atoms with Crippen molar-refractivity contribution in [1.82, 2.24) is 29.7 Å². The molecule has 2 aliphatic heterocycles. The Morgan fingerprint density at radius 3 is 2.38 bits per heavy atom. The van der Waals surface area contributed by atoms with Crippen LogP contribution in [0.3, 0.4) is 0 Å². The van der Waals surface area contributed by atoms with E-state index in [1.54, 1.807) is 0 Å². The molecule has 3 aromatic heterocycles. The van der Waals surface area contributed by atoms with Gasteiger partial charge in [0.25, 0.3) is 0 Å². The zero-order valence-corrected chi connectivity index (χ0v) is 33.0. The Morgan fingerprint density at radius 2 is 1.60 bits per heavy atom. The van der Waals surface area contributed by atoms with Crippen molar-refractivity contribution in [3.05, 3.63) is 108 Å². The van der Waals surface area contributed by atoms with Gasteiger partial charge in [0.1, 0.15) is 35.0 Å². The van der Waals surface area contributed by atoms with Gasteiger partial charge in [-0.3, -0.25) is 9.80 Å². The molecule has 294 valence electrons. The van der Waals surface area contributed by atoms with Crippen LogP contribution in [0.15, 0.2) is 95.5 Å². The molecular formula is C47H46N6O5. The summed E-state index contributed by atoms with van der Waals surface area (Å²) < 4.78 is 18.1. The van der Waals surface area contributed by atoms with Crippen LogP contribution in [0.2, 0.25) is 0 Å². The summed E-state index contributed by atoms with van der Waals surface area (Å²) >= 11 is 0. The molecule has 4 aromatic carbocycles. The van der Waals surface area contributed by atoms with E-state index in [2.05, 4.69) is 58.5 Å². The average Bonchev–Trinajstić information content (AvgIpc) is 3.90. The maximum absolute atomic E-state index is 13.4. The number of furan rings is 1. The number of hydrogen-bond acceptors (Lipinski definition) is 7. The second-order valence-corrected chi connectivity index (χ2v) is 18.0. The van der Waals surface area contributed by atoms with Gasteiger partial charge in [0.15, 0.2) is 0 Å². The number of carbonyl (C=O) groups is 2. The Hall–Kier alpha value is -6.10. The molecule has 0 radical (unpaired) electrons. The van der Waals surface area contributed by atoms with E-state index in [1.165, 1.54) is 0 Å². The second kappa shape index (κ2) is 13.0. The lowest BCUT2D eigenvalue weighted by Gasteiger charge is -2.35. The number of ether oxygens (including phenoxy) is 2. The van der Waals surface area contributed by atoms with Crippen molar-refractivity contribution in [3.63, 3.8) is 0 Å². The highest BCUT2D eigenvalue weighted by atomic mass is 16.6. The van der Waals surface area contributed by atoms with Crippen LogP contribution in [0.4, 0.5) is 9.59 Å². The molecule has 2 bridgehead atoms. The van der Waals surface area contributed by atoms with Crippen molar-refractivity contribution < 1.29 is 23.5 Å². The van der Waals surface area contributed by atoms with Crippen LogP contribution in [0.5, 0.6) is 0 Å². The first-order valence-electron chi connectivity index (χ1n) is 20.6. The van der Waals surface area contributed by atoms with Gasteiger partial charge in [-0.25, -0.2) is 19.6 Å². The fourth-order valence-corrected chi connectivity index (χ4v) is 9.88. The number of aromatic amines is 2. The quantitative estimate of drug-likeness (QED) is 0.172. The molecule has 2 amide bonds. The third-order valence-corrected chi connectivity index (χ3v) is 12.9. The number of imidazole rings is 2. The first-order chi connectivity index (χ1) is 28.1. The highest BCUT2D eigenvalue weighted by Crippen LogP contribution is 2.58. The van der Waals surface area contributed by atoms with E-state index < -0.39 is 5.60 Å². The molecule has 2 saturated carbocycles. The lowest BCUT2D eigenvalue weighted by atomic mass is 9.98. The summed E-state index contributed by atoms with van der Waals surface area (Å²) in [6, 6.07) is 28.6. The second-order valence-electron chi connectivity index (χ2n) is 18.0. The van der Waals surface area contributed by atoms with Gasteiger partial charge in [-0.2, -0.15) is 0 Å². The molecule has 7 aromatic rings.